The Balaban J connectivity index is 1.80. The van der Waals surface area contributed by atoms with Crippen LogP contribution in [0.5, 0.6) is 0 Å². The average Bonchev–Trinajstić information content (AvgIpc) is 3.21. The van der Waals surface area contributed by atoms with Gasteiger partial charge in [0.15, 0.2) is 6.39 Å². The summed E-state index contributed by atoms with van der Waals surface area (Å²) >= 11 is 0. The van der Waals surface area contributed by atoms with Crippen LogP contribution < -0.4 is 5.32 Å². The summed E-state index contributed by atoms with van der Waals surface area (Å²) in [5.74, 6) is -0.0357. The van der Waals surface area contributed by atoms with Gasteiger partial charge in [-0.05, 0) is 19.8 Å². The Bertz CT molecular complexity index is 758. The van der Waals surface area contributed by atoms with E-state index in [9.17, 15) is 9.59 Å². The first-order valence-corrected chi connectivity index (χ1v) is 7.82. The SMILES string of the molecule is CC(=O)NCc1cncc([C@@H]2CCCN2C(=O)c2ocnc2C)n1. The largest absolute Gasteiger partial charge is 0.438 e. The number of hydrogen-bond donors (Lipinski definition) is 1. The molecule has 1 fully saturated rings. The second-order valence-corrected chi connectivity index (χ2v) is 5.77. The predicted molar refractivity (Wildman–Crippen MR) is 83.8 cm³/mol. The first-order valence-electron chi connectivity index (χ1n) is 7.82. The van der Waals surface area contributed by atoms with Crippen LogP contribution in [0.2, 0.25) is 0 Å². The Morgan fingerprint density at radius 2 is 2.25 bits per heavy atom. The number of oxazole rings is 1. The van der Waals surface area contributed by atoms with Gasteiger partial charge in [-0.1, -0.05) is 0 Å². The molecule has 0 bridgehead atoms. The highest BCUT2D eigenvalue weighted by atomic mass is 16.3. The molecule has 3 heterocycles. The summed E-state index contributed by atoms with van der Waals surface area (Å²) in [4.78, 5) is 38.2. The smallest absolute Gasteiger partial charge is 0.292 e. The van der Waals surface area contributed by atoms with Crippen molar-refractivity contribution in [2.75, 3.05) is 6.54 Å². The molecule has 0 aliphatic carbocycles. The highest BCUT2D eigenvalue weighted by molar-refractivity contribution is 5.92. The molecule has 0 saturated carbocycles. The van der Waals surface area contributed by atoms with Gasteiger partial charge in [0.2, 0.25) is 11.7 Å². The van der Waals surface area contributed by atoms with E-state index in [1.807, 2.05) is 0 Å². The number of nitrogens with zero attached hydrogens (tertiary/aromatic N) is 4. The molecule has 1 aliphatic rings. The third-order valence-corrected chi connectivity index (χ3v) is 4.02. The number of carbonyl (C=O) groups is 2. The summed E-state index contributed by atoms with van der Waals surface area (Å²) in [5.41, 5.74) is 1.97. The second-order valence-electron chi connectivity index (χ2n) is 5.77. The van der Waals surface area contributed by atoms with Crippen molar-refractivity contribution < 1.29 is 14.0 Å². The number of likely N-dealkylation sites (tertiary alicyclic amines) is 1. The molecule has 2 amide bonds. The summed E-state index contributed by atoms with van der Waals surface area (Å²) in [5, 5.41) is 2.70. The topological polar surface area (TPSA) is 101 Å². The fourth-order valence-corrected chi connectivity index (χ4v) is 2.84. The molecule has 0 unspecified atom stereocenters. The maximum Gasteiger partial charge on any atom is 0.292 e. The van der Waals surface area contributed by atoms with Crippen LogP contribution in [0.4, 0.5) is 0 Å². The lowest BCUT2D eigenvalue weighted by Crippen LogP contribution is -2.31. The third-order valence-electron chi connectivity index (χ3n) is 4.02. The van der Waals surface area contributed by atoms with Gasteiger partial charge >= 0.3 is 0 Å². The van der Waals surface area contributed by atoms with Crippen molar-refractivity contribution in [2.45, 2.75) is 39.3 Å². The molecule has 0 spiro atoms. The van der Waals surface area contributed by atoms with E-state index in [0.29, 0.717) is 24.5 Å². The lowest BCUT2D eigenvalue weighted by Gasteiger charge is -2.23. The van der Waals surface area contributed by atoms with E-state index < -0.39 is 0 Å². The Kier molecular flexibility index (Phi) is 4.54. The Morgan fingerprint density at radius 3 is 2.96 bits per heavy atom. The van der Waals surface area contributed by atoms with Gasteiger partial charge in [-0.25, -0.2) is 4.98 Å². The Labute approximate surface area is 139 Å². The van der Waals surface area contributed by atoms with E-state index in [4.69, 9.17) is 4.42 Å². The monoisotopic (exact) mass is 329 g/mol. The minimum absolute atomic E-state index is 0.124. The first kappa shape index (κ1) is 16.1. The van der Waals surface area contributed by atoms with Crippen LogP contribution in [0.3, 0.4) is 0 Å². The van der Waals surface area contributed by atoms with Crippen molar-refractivity contribution in [1.82, 2.24) is 25.2 Å². The number of rotatable bonds is 4. The summed E-state index contributed by atoms with van der Waals surface area (Å²) in [6, 6.07) is -0.147. The zero-order chi connectivity index (χ0) is 17.1. The van der Waals surface area contributed by atoms with Crippen molar-refractivity contribution in [3.63, 3.8) is 0 Å². The van der Waals surface area contributed by atoms with Crippen LogP contribution in [0.15, 0.2) is 23.2 Å². The minimum atomic E-state index is -0.179. The third kappa shape index (κ3) is 3.27. The molecule has 24 heavy (non-hydrogen) atoms. The number of carbonyl (C=O) groups excluding carboxylic acids is 2. The van der Waals surface area contributed by atoms with E-state index in [0.717, 1.165) is 18.5 Å². The van der Waals surface area contributed by atoms with Crippen LogP contribution in [-0.4, -0.2) is 38.2 Å². The zero-order valence-electron chi connectivity index (χ0n) is 13.7. The van der Waals surface area contributed by atoms with Crippen LogP contribution in [0.1, 0.15) is 53.4 Å². The summed E-state index contributed by atoms with van der Waals surface area (Å²) in [6.45, 7) is 4.16. The second kappa shape index (κ2) is 6.77. The van der Waals surface area contributed by atoms with Gasteiger partial charge in [-0.3, -0.25) is 19.6 Å². The first-order chi connectivity index (χ1) is 11.6. The number of amides is 2. The molecule has 8 heteroatoms. The summed E-state index contributed by atoms with van der Waals surface area (Å²) < 4.78 is 5.23. The number of nitrogens with one attached hydrogen (secondary N) is 1. The molecule has 1 aliphatic heterocycles. The molecule has 1 N–H and O–H groups in total. The lowest BCUT2D eigenvalue weighted by molar-refractivity contribution is -0.119. The van der Waals surface area contributed by atoms with Gasteiger partial charge in [-0.15, -0.1) is 0 Å². The normalized spacial score (nSPS) is 17.1. The zero-order valence-corrected chi connectivity index (χ0v) is 13.7. The quantitative estimate of drug-likeness (QED) is 0.909. The molecule has 0 radical (unpaired) electrons. The van der Waals surface area contributed by atoms with Crippen LogP contribution >= 0.6 is 0 Å². The van der Waals surface area contributed by atoms with Gasteiger partial charge in [0.05, 0.1) is 42.1 Å². The number of hydrogen-bond acceptors (Lipinski definition) is 6. The number of aryl methyl sites for hydroxylation is 1. The van der Waals surface area contributed by atoms with Gasteiger partial charge in [-0.2, -0.15) is 0 Å². The standard InChI is InChI=1S/C16H19N5O3/c1-10-15(24-9-19-10)16(23)21-5-3-4-14(21)13-8-17-6-12(20-13)7-18-11(2)22/h6,8-9,14H,3-5,7H2,1-2H3,(H,18,22)/t14-/m0/s1. The van der Waals surface area contributed by atoms with Crippen LogP contribution in [0.25, 0.3) is 0 Å². The van der Waals surface area contributed by atoms with Crippen LogP contribution in [0, 0.1) is 6.92 Å². The van der Waals surface area contributed by atoms with Crippen molar-refractivity contribution in [3.8, 4) is 0 Å². The van der Waals surface area contributed by atoms with Crippen molar-refractivity contribution >= 4 is 11.8 Å². The molecule has 2 aromatic rings. The van der Waals surface area contributed by atoms with Crippen molar-refractivity contribution in [1.29, 1.82) is 0 Å². The van der Waals surface area contributed by atoms with Crippen molar-refractivity contribution in [2.24, 2.45) is 0 Å². The molecule has 0 aromatic carbocycles. The van der Waals surface area contributed by atoms with E-state index in [1.165, 1.54) is 13.3 Å². The van der Waals surface area contributed by atoms with E-state index in [-0.39, 0.29) is 23.6 Å². The molecule has 8 nitrogen and oxygen atoms in total. The molecule has 126 valence electrons. The van der Waals surface area contributed by atoms with Crippen LogP contribution in [-0.2, 0) is 11.3 Å². The fraction of sp³-hybridized carbons (Fsp3) is 0.438. The molecule has 1 atom stereocenters. The molecular weight excluding hydrogens is 310 g/mol. The lowest BCUT2D eigenvalue weighted by atomic mass is 10.1. The Morgan fingerprint density at radius 1 is 1.42 bits per heavy atom. The molecule has 2 aromatic heterocycles. The van der Waals surface area contributed by atoms with Gasteiger partial charge in [0.1, 0.15) is 0 Å². The highest BCUT2D eigenvalue weighted by Crippen LogP contribution is 2.32. The molecular formula is C16H19N5O3. The average molecular weight is 329 g/mol. The summed E-state index contributed by atoms with van der Waals surface area (Å²) in [7, 11) is 0. The Hall–Kier alpha value is -2.77. The fourth-order valence-electron chi connectivity index (χ4n) is 2.84. The van der Waals surface area contributed by atoms with Gasteiger partial charge in [0.25, 0.3) is 5.91 Å². The van der Waals surface area contributed by atoms with Gasteiger partial charge in [0, 0.05) is 13.5 Å². The van der Waals surface area contributed by atoms with Crippen molar-refractivity contribution in [3.05, 3.63) is 41.6 Å². The predicted octanol–water partition coefficient (Wildman–Crippen LogP) is 1.39. The highest BCUT2D eigenvalue weighted by Gasteiger charge is 2.34. The summed E-state index contributed by atoms with van der Waals surface area (Å²) in [6.07, 6.45) is 6.27. The maximum absolute atomic E-state index is 12.7. The number of aromatic nitrogens is 3. The maximum atomic E-state index is 12.7. The van der Waals surface area contributed by atoms with E-state index >= 15 is 0 Å². The minimum Gasteiger partial charge on any atom is -0.438 e. The van der Waals surface area contributed by atoms with Gasteiger partial charge < -0.3 is 14.6 Å². The molecule has 1 saturated heterocycles. The van der Waals surface area contributed by atoms with E-state index in [1.54, 1.807) is 24.2 Å². The molecule has 3 rings (SSSR count). The van der Waals surface area contributed by atoms with E-state index in [2.05, 4.69) is 20.3 Å².